The molecule has 1 aromatic carbocycles. The zero-order valence-corrected chi connectivity index (χ0v) is 9.57. The van der Waals surface area contributed by atoms with Crippen molar-refractivity contribution < 1.29 is 4.42 Å². The second-order valence-corrected chi connectivity index (χ2v) is 4.00. The van der Waals surface area contributed by atoms with Gasteiger partial charge in [0.15, 0.2) is 0 Å². The fourth-order valence-electron chi connectivity index (χ4n) is 1.73. The highest BCUT2D eigenvalue weighted by Crippen LogP contribution is 2.22. The van der Waals surface area contributed by atoms with Crippen molar-refractivity contribution >= 4 is 0 Å². The lowest BCUT2D eigenvalue weighted by atomic mass is 10.1. The Balaban J connectivity index is 2.13. The van der Waals surface area contributed by atoms with Gasteiger partial charge in [-0.15, -0.1) is 0 Å². The molecule has 1 aromatic heterocycles. The summed E-state index contributed by atoms with van der Waals surface area (Å²) < 4.78 is 5.57. The van der Waals surface area contributed by atoms with E-state index >= 15 is 0 Å². The fourth-order valence-corrected chi connectivity index (χ4v) is 1.73. The number of rotatable bonds is 4. The molecule has 0 saturated carbocycles. The molecule has 2 N–H and O–H groups in total. The molecule has 0 unspecified atom stereocenters. The summed E-state index contributed by atoms with van der Waals surface area (Å²) in [7, 11) is 0. The Kier molecular flexibility index (Phi) is 3.42. The van der Waals surface area contributed by atoms with Gasteiger partial charge in [-0.2, -0.15) is 0 Å². The lowest BCUT2D eigenvalue weighted by Gasteiger charge is -2.01. The first-order valence-corrected chi connectivity index (χ1v) is 5.65. The predicted molar refractivity (Wildman–Crippen MR) is 66.3 cm³/mol. The first kappa shape index (κ1) is 11.0. The molecule has 1 heterocycles. The standard InChI is InChI=1S/C14H17NO/c1-11-4-9-14(16-11)13-7-5-12(6-8-13)3-2-10-15/h4-9H,2-3,10,15H2,1H3. The molecule has 0 atom stereocenters. The van der Waals surface area contributed by atoms with Gasteiger partial charge in [0.25, 0.3) is 0 Å². The van der Waals surface area contributed by atoms with E-state index in [1.807, 2.05) is 19.1 Å². The van der Waals surface area contributed by atoms with Crippen LogP contribution in [-0.4, -0.2) is 6.54 Å². The van der Waals surface area contributed by atoms with Crippen LogP contribution in [0.3, 0.4) is 0 Å². The number of benzene rings is 1. The van der Waals surface area contributed by atoms with Crippen LogP contribution in [-0.2, 0) is 6.42 Å². The molecule has 0 bridgehead atoms. The van der Waals surface area contributed by atoms with Crippen molar-refractivity contribution in [2.24, 2.45) is 5.73 Å². The summed E-state index contributed by atoms with van der Waals surface area (Å²) in [4.78, 5) is 0. The van der Waals surface area contributed by atoms with Gasteiger partial charge in [0.2, 0.25) is 0 Å². The minimum atomic E-state index is 0.749. The molecule has 0 spiro atoms. The molecule has 0 fully saturated rings. The van der Waals surface area contributed by atoms with E-state index in [1.54, 1.807) is 0 Å². The molecule has 84 valence electrons. The van der Waals surface area contributed by atoms with Crippen molar-refractivity contribution in [2.75, 3.05) is 6.54 Å². The van der Waals surface area contributed by atoms with Gasteiger partial charge >= 0.3 is 0 Å². The Morgan fingerprint density at radius 2 is 1.81 bits per heavy atom. The normalized spacial score (nSPS) is 10.6. The van der Waals surface area contributed by atoms with E-state index in [2.05, 4.69) is 24.3 Å². The highest BCUT2D eigenvalue weighted by molar-refractivity contribution is 5.57. The average molecular weight is 215 g/mol. The Morgan fingerprint density at radius 3 is 2.38 bits per heavy atom. The third-order valence-corrected chi connectivity index (χ3v) is 2.65. The first-order chi connectivity index (χ1) is 7.79. The van der Waals surface area contributed by atoms with Gasteiger partial charge < -0.3 is 10.2 Å². The molecule has 2 heteroatoms. The van der Waals surface area contributed by atoms with Crippen LogP contribution in [0, 0.1) is 6.92 Å². The zero-order chi connectivity index (χ0) is 11.4. The van der Waals surface area contributed by atoms with Gasteiger partial charge in [0.1, 0.15) is 11.5 Å². The second-order valence-electron chi connectivity index (χ2n) is 4.00. The van der Waals surface area contributed by atoms with Gasteiger partial charge in [0.05, 0.1) is 0 Å². The van der Waals surface area contributed by atoms with Crippen LogP contribution in [0.5, 0.6) is 0 Å². The molecule has 2 rings (SSSR count). The van der Waals surface area contributed by atoms with Crippen LogP contribution < -0.4 is 5.73 Å². The monoisotopic (exact) mass is 215 g/mol. The number of aryl methyl sites for hydroxylation is 2. The van der Waals surface area contributed by atoms with Crippen LogP contribution in [0.1, 0.15) is 17.7 Å². The van der Waals surface area contributed by atoms with E-state index < -0.39 is 0 Å². The lowest BCUT2D eigenvalue weighted by Crippen LogP contribution is -2.00. The topological polar surface area (TPSA) is 39.2 Å². The van der Waals surface area contributed by atoms with Crippen molar-refractivity contribution in [3.05, 3.63) is 47.7 Å². The summed E-state index contributed by atoms with van der Waals surface area (Å²) in [5.41, 5.74) is 7.95. The summed E-state index contributed by atoms with van der Waals surface area (Å²) >= 11 is 0. The molecule has 0 aliphatic rings. The quantitative estimate of drug-likeness (QED) is 0.851. The van der Waals surface area contributed by atoms with Crippen molar-refractivity contribution in [1.29, 1.82) is 0 Å². The van der Waals surface area contributed by atoms with Crippen molar-refractivity contribution in [1.82, 2.24) is 0 Å². The maximum absolute atomic E-state index is 5.57. The molecular formula is C14H17NO. The highest BCUT2D eigenvalue weighted by atomic mass is 16.3. The van der Waals surface area contributed by atoms with Crippen LogP contribution in [0.2, 0.25) is 0 Å². The Hall–Kier alpha value is -1.54. The number of hydrogen-bond acceptors (Lipinski definition) is 2. The smallest absolute Gasteiger partial charge is 0.134 e. The second kappa shape index (κ2) is 4.99. The Morgan fingerprint density at radius 1 is 1.06 bits per heavy atom. The van der Waals surface area contributed by atoms with Crippen LogP contribution in [0.25, 0.3) is 11.3 Å². The Labute approximate surface area is 96.1 Å². The SMILES string of the molecule is Cc1ccc(-c2ccc(CCCN)cc2)o1. The summed E-state index contributed by atoms with van der Waals surface area (Å²) in [6, 6.07) is 12.5. The Bertz CT molecular complexity index is 442. The zero-order valence-electron chi connectivity index (χ0n) is 9.57. The van der Waals surface area contributed by atoms with Crippen molar-refractivity contribution in [2.45, 2.75) is 19.8 Å². The van der Waals surface area contributed by atoms with E-state index in [0.29, 0.717) is 0 Å². The molecule has 2 aromatic rings. The van der Waals surface area contributed by atoms with Gasteiger partial charge in [-0.05, 0) is 44.0 Å². The van der Waals surface area contributed by atoms with Gasteiger partial charge in [-0.25, -0.2) is 0 Å². The van der Waals surface area contributed by atoms with E-state index in [0.717, 1.165) is 36.5 Å². The van der Waals surface area contributed by atoms with Crippen LogP contribution in [0.15, 0.2) is 40.8 Å². The minimum Gasteiger partial charge on any atom is -0.461 e. The molecule has 0 radical (unpaired) electrons. The van der Waals surface area contributed by atoms with E-state index in [1.165, 1.54) is 5.56 Å². The van der Waals surface area contributed by atoms with Crippen LogP contribution >= 0.6 is 0 Å². The summed E-state index contributed by atoms with van der Waals surface area (Å²) in [6.07, 6.45) is 2.09. The largest absolute Gasteiger partial charge is 0.461 e. The fraction of sp³-hybridized carbons (Fsp3) is 0.286. The average Bonchev–Trinajstić information content (AvgIpc) is 2.74. The molecule has 0 amide bonds. The minimum absolute atomic E-state index is 0.749. The van der Waals surface area contributed by atoms with Crippen molar-refractivity contribution in [3.8, 4) is 11.3 Å². The number of furan rings is 1. The molecule has 16 heavy (non-hydrogen) atoms. The third-order valence-electron chi connectivity index (χ3n) is 2.65. The number of hydrogen-bond donors (Lipinski definition) is 1. The van der Waals surface area contributed by atoms with E-state index in [9.17, 15) is 0 Å². The highest BCUT2D eigenvalue weighted by Gasteiger charge is 2.01. The van der Waals surface area contributed by atoms with Gasteiger partial charge in [0, 0.05) is 5.56 Å². The number of nitrogens with two attached hydrogens (primary N) is 1. The van der Waals surface area contributed by atoms with Gasteiger partial charge in [-0.1, -0.05) is 24.3 Å². The summed E-state index contributed by atoms with van der Waals surface area (Å²) in [5, 5.41) is 0. The maximum atomic E-state index is 5.57. The maximum Gasteiger partial charge on any atom is 0.134 e. The van der Waals surface area contributed by atoms with Crippen LogP contribution in [0.4, 0.5) is 0 Å². The molecule has 0 saturated heterocycles. The molecule has 2 nitrogen and oxygen atoms in total. The predicted octanol–water partition coefficient (Wildman–Crippen LogP) is 3.15. The van der Waals surface area contributed by atoms with Crippen molar-refractivity contribution in [3.63, 3.8) is 0 Å². The summed E-state index contributed by atoms with van der Waals surface area (Å²) in [6.45, 7) is 2.71. The molecule has 0 aliphatic carbocycles. The first-order valence-electron chi connectivity index (χ1n) is 5.65. The van der Waals surface area contributed by atoms with Gasteiger partial charge in [-0.3, -0.25) is 0 Å². The molecule has 0 aliphatic heterocycles. The molecular weight excluding hydrogens is 198 g/mol. The van der Waals surface area contributed by atoms with E-state index in [-0.39, 0.29) is 0 Å². The lowest BCUT2D eigenvalue weighted by molar-refractivity contribution is 0.548. The third kappa shape index (κ3) is 2.52. The summed E-state index contributed by atoms with van der Waals surface area (Å²) in [5.74, 6) is 1.88. The van der Waals surface area contributed by atoms with E-state index in [4.69, 9.17) is 10.2 Å².